The molecule has 2 N–H and O–H groups in total. The highest BCUT2D eigenvalue weighted by Gasteiger charge is 2.43. The van der Waals surface area contributed by atoms with Crippen LogP contribution in [0.4, 0.5) is 0 Å². The summed E-state index contributed by atoms with van der Waals surface area (Å²) in [5.74, 6) is 0. The molecule has 1 heteroatoms. The van der Waals surface area contributed by atoms with Crippen LogP contribution in [0.25, 0.3) is 0 Å². The molecule has 1 aliphatic rings. The fourth-order valence-electron chi connectivity index (χ4n) is 2.66. The van der Waals surface area contributed by atoms with E-state index in [1.807, 2.05) is 0 Å². The fraction of sp³-hybridized carbons (Fsp3) is 1.00. The Hall–Kier alpha value is -0.0400. The molecular weight excluding hydrogens is 182 g/mol. The van der Waals surface area contributed by atoms with Crippen molar-refractivity contribution in [2.75, 3.05) is 0 Å². The molecule has 0 aromatic heterocycles. The normalized spacial score (nSPS) is 31.6. The summed E-state index contributed by atoms with van der Waals surface area (Å²) >= 11 is 0. The Morgan fingerprint density at radius 3 is 2.07 bits per heavy atom. The maximum atomic E-state index is 6.64. The van der Waals surface area contributed by atoms with E-state index in [-0.39, 0.29) is 5.54 Å². The average molecular weight is 211 g/mol. The van der Waals surface area contributed by atoms with Crippen molar-refractivity contribution in [1.29, 1.82) is 0 Å². The summed E-state index contributed by atoms with van der Waals surface area (Å²) in [5, 5.41) is 0. The molecule has 15 heavy (non-hydrogen) atoms. The third kappa shape index (κ3) is 3.21. The van der Waals surface area contributed by atoms with Crippen molar-refractivity contribution in [3.05, 3.63) is 0 Å². The first-order valence-corrected chi connectivity index (χ1v) is 6.45. The highest BCUT2D eigenvalue weighted by molar-refractivity contribution is 5.00. The SMILES string of the molecule is CC(C)(C)CCC1(N)CCCCC1(C)C. The van der Waals surface area contributed by atoms with E-state index in [2.05, 4.69) is 34.6 Å². The molecule has 0 bridgehead atoms. The first-order chi connectivity index (χ1) is 6.66. The van der Waals surface area contributed by atoms with Crippen molar-refractivity contribution >= 4 is 0 Å². The summed E-state index contributed by atoms with van der Waals surface area (Å²) in [6.45, 7) is 11.6. The van der Waals surface area contributed by atoms with E-state index in [1.54, 1.807) is 0 Å². The standard InChI is InChI=1S/C14H29N/c1-12(2,3)10-11-14(15)9-7-6-8-13(14,4)5/h6-11,15H2,1-5H3. The van der Waals surface area contributed by atoms with Gasteiger partial charge in [0.15, 0.2) is 0 Å². The molecule has 1 rings (SSSR count). The predicted octanol–water partition coefficient (Wildman–Crippen LogP) is 4.11. The molecule has 1 nitrogen and oxygen atoms in total. The maximum absolute atomic E-state index is 6.64. The molecule has 0 spiro atoms. The Morgan fingerprint density at radius 1 is 1.07 bits per heavy atom. The molecule has 90 valence electrons. The van der Waals surface area contributed by atoms with E-state index in [9.17, 15) is 0 Å². The van der Waals surface area contributed by atoms with Gasteiger partial charge in [0.2, 0.25) is 0 Å². The van der Waals surface area contributed by atoms with E-state index in [4.69, 9.17) is 5.73 Å². The largest absolute Gasteiger partial charge is 0.325 e. The van der Waals surface area contributed by atoms with Gasteiger partial charge in [0.1, 0.15) is 0 Å². The van der Waals surface area contributed by atoms with E-state index in [1.165, 1.54) is 38.5 Å². The highest BCUT2D eigenvalue weighted by Crippen LogP contribution is 2.45. The Bertz CT molecular complexity index is 212. The maximum Gasteiger partial charge on any atom is 0.0206 e. The van der Waals surface area contributed by atoms with Crippen molar-refractivity contribution in [1.82, 2.24) is 0 Å². The summed E-state index contributed by atoms with van der Waals surface area (Å²) in [6.07, 6.45) is 7.63. The van der Waals surface area contributed by atoms with Gasteiger partial charge in [-0.3, -0.25) is 0 Å². The molecule has 1 saturated carbocycles. The molecule has 0 aliphatic heterocycles. The second-order valence-electron chi connectivity index (χ2n) is 7.31. The van der Waals surface area contributed by atoms with Crippen molar-refractivity contribution in [2.24, 2.45) is 16.6 Å². The van der Waals surface area contributed by atoms with Crippen molar-refractivity contribution in [3.8, 4) is 0 Å². The molecular formula is C14H29N. The third-order valence-electron chi connectivity index (χ3n) is 4.34. The summed E-state index contributed by atoms with van der Waals surface area (Å²) in [4.78, 5) is 0. The molecule has 0 aromatic carbocycles. The Kier molecular flexibility index (Phi) is 3.55. The predicted molar refractivity (Wildman–Crippen MR) is 67.9 cm³/mol. The van der Waals surface area contributed by atoms with Crippen LogP contribution in [0.2, 0.25) is 0 Å². The Labute approximate surface area is 95.8 Å². The van der Waals surface area contributed by atoms with Crippen LogP contribution in [-0.2, 0) is 0 Å². The van der Waals surface area contributed by atoms with Gasteiger partial charge in [-0.15, -0.1) is 0 Å². The summed E-state index contributed by atoms with van der Waals surface area (Å²) in [7, 11) is 0. The number of rotatable bonds is 2. The molecule has 0 saturated heterocycles. The zero-order chi connectivity index (χ0) is 11.7. The smallest absolute Gasteiger partial charge is 0.0206 e. The second-order valence-corrected chi connectivity index (χ2v) is 7.31. The number of hydrogen-bond donors (Lipinski definition) is 1. The van der Waals surface area contributed by atoms with Crippen LogP contribution in [-0.4, -0.2) is 5.54 Å². The van der Waals surface area contributed by atoms with E-state index < -0.39 is 0 Å². The first kappa shape index (κ1) is 13.0. The van der Waals surface area contributed by atoms with Crippen LogP contribution in [0.1, 0.15) is 73.1 Å². The minimum Gasteiger partial charge on any atom is -0.325 e. The van der Waals surface area contributed by atoms with Crippen molar-refractivity contribution in [3.63, 3.8) is 0 Å². The van der Waals surface area contributed by atoms with Gasteiger partial charge in [0.25, 0.3) is 0 Å². The molecule has 0 aromatic rings. The topological polar surface area (TPSA) is 26.0 Å². The lowest BCUT2D eigenvalue weighted by molar-refractivity contribution is 0.0790. The quantitative estimate of drug-likeness (QED) is 0.731. The highest BCUT2D eigenvalue weighted by atomic mass is 14.8. The van der Waals surface area contributed by atoms with Crippen LogP contribution in [0.5, 0.6) is 0 Å². The van der Waals surface area contributed by atoms with Crippen LogP contribution < -0.4 is 5.73 Å². The lowest BCUT2D eigenvalue weighted by atomic mass is 9.61. The van der Waals surface area contributed by atoms with Crippen molar-refractivity contribution < 1.29 is 0 Å². The number of hydrogen-bond acceptors (Lipinski definition) is 1. The molecule has 1 atom stereocenters. The van der Waals surface area contributed by atoms with Gasteiger partial charge in [-0.2, -0.15) is 0 Å². The van der Waals surface area contributed by atoms with Crippen LogP contribution in [0, 0.1) is 10.8 Å². The van der Waals surface area contributed by atoms with Crippen molar-refractivity contribution in [2.45, 2.75) is 78.7 Å². The summed E-state index contributed by atoms with van der Waals surface area (Å²) in [6, 6.07) is 0. The van der Waals surface area contributed by atoms with Gasteiger partial charge < -0.3 is 5.73 Å². The minimum absolute atomic E-state index is 0.0819. The van der Waals surface area contributed by atoms with E-state index >= 15 is 0 Å². The summed E-state index contributed by atoms with van der Waals surface area (Å²) in [5.41, 5.74) is 7.47. The molecule has 1 unspecified atom stereocenters. The van der Waals surface area contributed by atoms with Crippen LogP contribution in [0.15, 0.2) is 0 Å². The lowest BCUT2D eigenvalue weighted by Crippen LogP contribution is -2.54. The van der Waals surface area contributed by atoms with E-state index in [0.717, 1.165) is 0 Å². The number of nitrogens with two attached hydrogens (primary N) is 1. The molecule has 1 aliphatic carbocycles. The zero-order valence-electron chi connectivity index (χ0n) is 11.3. The average Bonchev–Trinajstić information content (AvgIpc) is 2.06. The fourth-order valence-corrected chi connectivity index (χ4v) is 2.66. The van der Waals surface area contributed by atoms with Crippen LogP contribution in [0.3, 0.4) is 0 Å². The first-order valence-electron chi connectivity index (χ1n) is 6.45. The Balaban J connectivity index is 2.63. The molecule has 1 fully saturated rings. The third-order valence-corrected chi connectivity index (χ3v) is 4.34. The van der Waals surface area contributed by atoms with Gasteiger partial charge in [-0.05, 0) is 36.5 Å². The monoisotopic (exact) mass is 211 g/mol. The van der Waals surface area contributed by atoms with Gasteiger partial charge >= 0.3 is 0 Å². The van der Waals surface area contributed by atoms with Gasteiger partial charge in [-0.25, -0.2) is 0 Å². The second kappa shape index (κ2) is 4.08. The molecule has 0 amide bonds. The summed E-state index contributed by atoms with van der Waals surface area (Å²) < 4.78 is 0. The molecule has 0 heterocycles. The lowest BCUT2D eigenvalue weighted by Gasteiger charge is -2.49. The van der Waals surface area contributed by atoms with Gasteiger partial charge in [-0.1, -0.05) is 47.5 Å². The minimum atomic E-state index is 0.0819. The Morgan fingerprint density at radius 2 is 1.60 bits per heavy atom. The zero-order valence-corrected chi connectivity index (χ0v) is 11.3. The van der Waals surface area contributed by atoms with E-state index in [0.29, 0.717) is 10.8 Å². The van der Waals surface area contributed by atoms with Crippen LogP contribution >= 0.6 is 0 Å². The van der Waals surface area contributed by atoms with Gasteiger partial charge in [0, 0.05) is 5.54 Å². The molecule has 0 radical (unpaired) electrons. The van der Waals surface area contributed by atoms with Gasteiger partial charge in [0.05, 0.1) is 0 Å².